The number of hydrogen-bond donors (Lipinski definition) is 0. The van der Waals surface area contributed by atoms with E-state index >= 15 is 0 Å². The van der Waals surface area contributed by atoms with Crippen LogP contribution in [0.1, 0.15) is 28.4 Å². The van der Waals surface area contributed by atoms with Crippen LogP contribution in [0, 0.1) is 0 Å². The molecule has 0 unspecified atom stereocenters. The van der Waals surface area contributed by atoms with Crippen molar-refractivity contribution in [1.82, 2.24) is 4.57 Å². The average molecular weight is 458 g/mol. The maximum Gasteiger partial charge on any atom is 0.337 e. The molecule has 160 valence electrons. The summed E-state index contributed by atoms with van der Waals surface area (Å²) in [5.41, 5.74) is 1.75. The maximum atomic E-state index is 13.1. The molecule has 0 aliphatic rings. The molecule has 0 bridgehead atoms. The lowest BCUT2D eigenvalue weighted by atomic mass is 10.1. The molecule has 0 saturated carbocycles. The van der Waals surface area contributed by atoms with E-state index in [9.17, 15) is 14.4 Å². The molecule has 0 aliphatic heterocycles. The van der Waals surface area contributed by atoms with Crippen LogP contribution in [0.5, 0.6) is 0 Å². The van der Waals surface area contributed by atoms with Gasteiger partial charge in [0.2, 0.25) is 0 Å². The first-order valence-corrected chi connectivity index (χ1v) is 10.6. The fourth-order valence-corrected chi connectivity index (χ4v) is 4.10. The van der Waals surface area contributed by atoms with Gasteiger partial charge in [-0.2, -0.15) is 0 Å². The van der Waals surface area contributed by atoms with E-state index in [0.717, 1.165) is 11.1 Å². The second-order valence-corrected chi connectivity index (χ2v) is 7.98. The van der Waals surface area contributed by atoms with Crippen molar-refractivity contribution in [2.24, 2.45) is 0 Å². The van der Waals surface area contributed by atoms with Crippen LogP contribution in [0.25, 0.3) is 12.2 Å². The SMILES string of the molecule is CCOC(=O)/C=c1\s/c(=C\c2cccc(Cl)c2)c(=O)n1Cc1ccc(C(=O)OC)cc1. The minimum Gasteiger partial charge on any atom is -0.465 e. The maximum absolute atomic E-state index is 13.1. The van der Waals surface area contributed by atoms with Gasteiger partial charge in [-0.25, -0.2) is 9.59 Å². The number of aromatic nitrogens is 1. The molecule has 31 heavy (non-hydrogen) atoms. The Balaban J connectivity index is 2.07. The van der Waals surface area contributed by atoms with Crippen LogP contribution < -0.4 is 14.8 Å². The topological polar surface area (TPSA) is 74.6 Å². The van der Waals surface area contributed by atoms with Crippen molar-refractivity contribution in [1.29, 1.82) is 0 Å². The van der Waals surface area contributed by atoms with Gasteiger partial charge >= 0.3 is 11.9 Å². The summed E-state index contributed by atoms with van der Waals surface area (Å²) in [6.45, 7) is 2.18. The summed E-state index contributed by atoms with van der Waals surface area (Å²) in [5.74, 6) is -0.957. The van der Waals surface area contributed by atoms with Gasteiger partial charge in [0.05, 0.1) is 36.4 Å². The smallest absolute Gasteiger partial charge is 0.337 e. The van der Waals surface area contributed by atoms with Crippen molar-refractivity contribution >= 4 is 47.0 Å². The number of esters is 2. The first-order chi connectivity index (χ1) is 14.9. The van der Waals surface area contributed by atoms with Gasteiger partial charge in [0.25, 0.3) is 5.56 Å². The summed E-state index contributed by atoms with van der Waals surface area (Å²) >= 11 is 7.24. The number of carbonyl (C=O) groups is 2. The van der Waals surface area contributed by atoms with Crippen molar-refractivity contribution < 1.29 is 19.1 Å². The van der Waals surface area contributed by atoms with Crippen LogP contribution in [-0.2, 0) is 20.8 Å². The molecule has 0 N–H and O–H groups in total. The van der Waals surface area contributed by atoms with Crippen LogP contribution in [0.4, 0.5) is 0 Å². The summed E-state index contributed by atoms with van der Waals surface area (Å²) < 4.78 is 12.1. The Labute approximate surface area is 187 Å². The van der Waals surface area contributed by atoms with Crippen molar-refractivity contribution in [3.63, 3.8) is 0 Å². The van der Waals surface area contributed by atoms with Gasteiger partial charge in [0.15, 0.2) is 0 Å². The molecule has 0 amide bonds. The third kappa shape index (κ3) is 5.71. The van der Waals surface area contributed by atoms with Crippen LogP contribution in [0.15, 0.2) is 53.3 Å². The Morgan fingerprint density at radius 1 is 1.16 bits per heavy atom. The van der Waals surface area contributed by atoms with E-state index in [1.165, 1.54) is 29.1 Å². The summed E-state index contributed by atoms with van der Waals surface area (Å²) in [6.07, 6.45) is 3.05. The highest BCUT2D eigenvalue weighted by Gasteiger charge is 2.10. The number of nitrogens with zero attached hydrogens (tertiary/aromatic N) is 1. The lowest BCUT2D eigenvalue weighted by Gasteiger charge is -2.04. The molecule has 0 aliphatic carbocycles. The number of thiazole rings is 1. The molecule has 1 aromatic heterocycles. The second-order valence-electron chi connectivity index (χ2n) is 6.48. The van der Waals surface area contributed by atoms with Gasteiger partial charge in [-0.1, -0.05) is 35.9 Å². The highest BCUT2D eigenvalue weighted by atomic mass is 35.5. The first kappa shape index (κ1) is 22.5. The van der Waals surface area contributed by atoms with Gasteiger partial charge in [-0.15, -0.1) is 11.3 Å². The van der Waals surface area contributed by atoms with E-state index in [2.05, 4.69) is 0 Å². The van der Waals surface area contributed by atoms with Crippen LogP contribution in [0.3, 0.4) is 0 Å². The van der Waals surface area contributed by atoms with Gasteiger partial charge in [0, 0.05) is 5.02 Å². The standard InChI is InChI=1S/C23H20ClNO5S/c1-3-30-21(26)13-20-25(14-15-7-9-17(10-8-15)23(28)29-2)22(27)19(31-20)12-16-5-4-6-18(24)11-16/h4-13H,3,14H2,1-2H3/b19-12-,20-13-. The molecule has 0 radical (unpaired) electrons. The number of halogens is 1. The van der Waals surface area contributed by atoms with E-state index < -0.39 is 11.9 Å². The van der Waals surface area contributed by atoms with Crippen molar-refractivity contribution in [3.05, 3.63) is 89.8 Å². The van der Waals surface area contributed by atoms with E-state index in [1.54, 1.807) is 55.5 Å². The molecule has 1 heterocycles. The Morgan fingerprint density at radius 2 is 1.90 bits per heavy atom. The zero-order chi connectivity index (χ0) is 22.4. The predicted molar refractivity (Wildman–Crippen MR) is 121 cm³/mol. The summed E-state index contributed by atoms with van der Waals surface area (Å²) in [7, 11) is 1.32. The zero-order valence-corrected chi connectivity index (χ0v) is 18.5. The molecule has 3 aromatic rings. The van der Waals surface area contributed by atoms with Gasteiger partial charge in [-0.3, -0.25) is 9.36 Å². The van der Waals surface area contributed by atoms with Crippen LogP contribution in [-0.4, -0.2) is 30.2 Å². The predicted octanol–water partition coefficient (Wildman–Crippen LogP) is 2.57. The Hall–Kier alpha value is -3.16. The molecule has 6 nitrogen and oxygen atoms in total. The number of rotatable bonds is 6. The Kier molecular flexibility index (Phi) is 7.44. The first-order valence-electron chi connectivity index (χ1n) is 9.44. The van der Waals surface area contributed by atoms with Crippen molar-refractivity contribution in [3.8, 4) is 0 Å². The third-order valence-corrected chi connectivity index (χ3v) is 5.62. The normalized spacial score (nSPS) is 12.1. The average Bonchev–Trinajstić information content (AvgIpc) is 3.02. The van der Waals surface area contributed by atoms with Crippen LogP contribution in [0.2, 0.25) is 5.02 Å². The highest BCUT2D eigenvalue weighted by molar-refractivity contribution is 7.07. The summed E-state index contributed by atoms with van der Waals surface area (Å²) in [6, 6.07) is 13.9. The summed E-state index contributed by atoms with van der Waals surface area (Å²) in [4.78, 5) is 36.8. The largest absolute Gasteiger partial charge is 0.465 e. The zero-order valence-electron chi connectivity index (χ0n) is 17.0. The number of benzene rings is 2. The lowest BCUT2D eigenvalue weighted by molar-refractivity contribution is -0.135. The molecule has 0 saturated heterocycles. The molecular formula is C23H20ClNO5S. The molecule has 8 heteroatoms. The molecule has 0 fully saturated rings. The highest BCUT2D eigenvalue weighted by Crippen LogP contribution is 2.11. The van der Waals surface area contributed by atoms with E-state index in [1.807, 2.05) is 6.07 Å². The second kappa shape index (κ2) is 10.2. The molecule has 3 rings (SSSR count). The van der Waals surface area contributed by atoms with Crippen molar-refractivity contribution in [2.45, 2.75) is 13.5 Å². The Morgan fingerprint density at radius 3 is 2.55 bits per heavy atom. The Bertz CT molecular complexity index is 1270. The van der Waals surface area contributed by atoms with Gasteiger partial charge in [-0.05, 0) is 48.4 Å². The van der Waals surface area contributed by atoms with Crippen molar-refractivity contribution in [2.75, 3.05) is 13.7 Å². The minimum absolute atomic E-state index is 0.228. The van der Waals surface area contributed by atoms with E-state index in [4.69, 9.17) is 21.1 Å². The van der Waals surface area contributed by atoms with Gasteiger partial charge in [0.1, 0.15) is 4.66 Å². The lowest BCUT2D eigenvalue weighted by Crippen LogP contribution is -2.32. The molecular weight excluding hydrogens is 438 g/mol. The monoisotopic (exact) mass is 457 g/mol. The third-order valence-electron chi connectivity index (χ3n) is 4.33. The number of hydrogen-bond acceptors (Lipinski definition) is 6. The minimum atomic E-state index is -0.521. The fourth-order valence-electron chi connectivity index (χ4n) is 2.87. The molecule has 0 spiro atoms. The molecule has 0 atom stereocenters. The van der Waals surface area contributed by atoms with Gasteiger partial charge < -0.3 is 9.47 Å². The van der Waals surface area contributed by atoms with E-state index in [-0.39, 0.29) is 18.7 Å². The number of ether oxygens (including phenoxy) is 2. The number of methoxy groups -OCH3 is 1. The number of carbonyl (C=O) groups excluding carboxylic acids is 2. The van der Waals surface area contributed by atoms with E-state index in [0.29, 0.717) is 19.8 Å². The fraction of sp³-hybridized carbons (Fsp3) is 0.174. The van der Waals surface area contributed by atoms with Crippen LogP contribution >= 0.6 is 22.9 Å². The summed E-state index contributed by atoms with van der Waals surface area (Å²) in [5, 5.41) is 0.564. The quantitative estimate of drug-likeness (QED) is 0.532. The molecule has 2 aromatic carbocycles.